The van der Waals surface area contributed by atoms with Crippen LogP contribution in [0.3, 0.4) is 0 Å². The Labute approximate surface area is 85.6 Å². The summed E-state index contributed by atoms with van der Waals surface area (Å²) in [4.78, 5) is 0. The lowest BCUT2D eigenvalue weighted by molar-refractivity contribution is 0.729. The van der Waals surface area contributed by atoms with Gasteiger partial charge in [0, 0.05) is 6.04 Å². The highest BCUT2D eigenvalue weighted by molar-refractivity contribution is 4.88. The Hall–Kier alpha value is -0.300. The summed E-state index contributed by atoms with van der Waals surface area (Å²) >= 11 is 0. The third-order valence-corrected chi connectivity index (χ3v) is 1.38. The SMILES string of the molecule is C=CC1CCCN1.CC.CC.CC. The fourth-order valence-corrected chi connectivity index (χ4v) is 0.913. The highest BCUT2D eigenvalue weighted by Gasteiger charge is 2.07. The zero-order valence-electron chi connectivity index (χ0n) is 10.5. The Balaban J connectivity index is -0.000000144. The lowest BCUT2D eigenvalue weighted by Crippen LogP contribution is -2.17. The van der Waals surface area contributed by atoms with Crippen LogP contribution in [0.15, 0.2) is 12.7 Å². The molecule has 1 heteroatoms. The third-order valence-electron chi connectivity index (χ3n) is 1.38. The van der Waals surface area contributed by atoms with Gasteiger partial charge in [-0.05, 0) is 19.4 Å². The average molecular weight is 187 g/mol. The van der Waals surface area contributed by atoms with Gasteiger partial charge in [0.15, 0.2) is 0 Å². The van der Waals surface area contributed by atoms with Crippen LogP contribution in [-0.4, -0.2) is 12.6 Å². The molecular formula is C12H29N. The average Bonchev–Trinajstić information content (AvgIpc) is 2.79. The molecular weight excluding hydrogens is 158 g/mol. The molecule has 0 bridgehead atoms. The van der Waals surface area contributed by atoms with E-state index < -0.39 is 0 Å². The van der Waals surface area contributed by atoms with Crippen molar-refractivity contribution in [1.82, 2.24) is 5.32 Å². The second kappa shape index (κ2) is 22.6. The standard InChI is InChI=1S/C6H11N.3C2H6/c1-2-6-4-3-5-7-6;3*1-2/h2,6-7H,1,3-5H2;3*1-2H3. The van der Waals surface area contributed by atoms with Crippen LogP contribution in [0.4, 0.5) is 0 Å². The molecule has 0 radical (unpaired) electrons. The first kappa shape index (κ1) is 18.5. The van der Waals surface area contributed by atoms with E-state index in [1.165, 1.54) is 19.4 Å². The first-order chi connectivity index (χ1) is 6.43. The molecule has 1 rings (SSSR count). The van der Waals surface area contributed by atoms with Crippen molar-refractivity contribution in [2.75, 3.05) is 6.54 Å². The second-order valence-electron chi connectivity index (χ2n) is 1.94. The molecule has 0 aromatic carbocycles. The maximum Gasteiger partial charge on any atom is 0.0247 e. The number of hydrogen-bond acceptors (Lipinski definition) is 1. The van der Waals surface area contributed by atoms with Gasteiger partial charge in [0.2, 0.25) is 0 Å². The fraction of sp³-hybridized carbons (Fsp3) is 0.833. The van der Waals surface area contributed by atoms with Gasteiger partial charge in [0.25, 0.3) is 0 Å². The van der Waals surface area contributed by atoms with Gasteiger partial charge in [0.05, 0.1) is 0 Å². The monoisotopic (exact) mass is 187 g/mol. The van der Waals surface area contributed by atoms with E-state index in [2.05, 4.69) is 11.9 Å². The van der Waals surface area contributed by atoms with Crippen molar-refractivity contribution in [3.63, 3.8) is 0 Å². The van der Waals surface area contributed by atoms with Crippen molar-refractivity contribution >= 4 is 0 Å². The largest absolute Gasteiger partial charge is 0.311 e. The van der Waals surface area contributed by atoms with Crippen molar-refractivity contribution in [2.24, 2.45) is 0 Å². The Morgan fingerprint density at radius 1 is 1.08 bits per heavy atom. The molecule has 1 N–H and O–H groups in total. The number of rotatable bonds is 1. The van der Waals surface area contributed by atoms with Crippen molar-refractivity contribution < 1.29 is 0 Å². The van der Waals surface area contributed by atoms with Crippen molar-refractivity contribution in [3.8, 4) is 0 Å². The molecule has 0 amide bonds. The molecule has 1 fully saturated rings. The van der Waals surface area contributed by atoms with Gasteiger partial charge in [-0.25, -0.2) is 0 Å². The molecule has 1 heterocycles. The van der Waals surface area contributed by atoms with Gasteiger partial charge in [-0.2, -0.15) is 0 Å². The van der Waals surface area contributed by atoms with Gasteiger partial charge in [0.1, 0.15) is 0 Å². The Morgan fingerprint density at radius 2 is 1.54 bits per heavy atom. The van der Waals surface area contributed by atoms with E-state index in [1.807, 2.05) is 47.6 Å². The van der Waals surface area contributed by atoms with Crippen LogP contribution < -0.4 is 5.32 Å². The van der Waals surface area contributed by atoms with Crippen molar-refractivity contribution in [2.45, 2.75) is 60.4 Å². The second-order valence-corrected chi connectivity index (χ2v) is 1.94. The minimum Gasteiger partial charge on any atom is -0.311 e. The molecule has 1 unspecified atom stereocenters. The number of nitrogens with one attached hydrogen (secondary N) is 1. The summed E-state index contributed by atoms with van der Waals surface area (Å²) in [5.41, 5.74) is 0. The van der Waals surface area contributed by atoms with Crippen molar-refractivity contribution in [1.29, 1.82) is 0 Å². The molecule has 0 aromatic rings. The van der Waals surface area contributed by atoms with E-state index in [-0.39, 0.29) is 0 Å². The smallest absolute Gasteiger partial charge is 0.0247 e. The first-order valence-electron chi connectivity index (χ1n) is 5.79. The van der Waals surface area contributed by atoms with E-state index in [0.29, 0.717) is 6.04 Å². The van der Waals surface area contributed by atoms with Crippen LogP contribution in [0.1, 0.15) is 54.4 Å². The summed E-state index contributed by atoms with van der Waals surface area (Å²) < 4.78 is 0. The van der Waals surface area contributed by atoms with Crippen LogP contribution in [0.2, 0.25) is 0 Å². The van der Waals surface area contributed by atoms with Gasteiger partial charge < -0.3 is 5.32 Å². The summed E-state index contributed by atoms with van der Waals surface area (Å²) in [6, 6.07) is 0.611. The van der Waals surface area contributed by atoms with E-state index >= 15 is 0 Å². The minimum atomic E-state index is 0.611. The molecule has 0 spiro atoms. The van der Waals surface area contributed by atoms with Crippen LogP contribution in [0, 0.1) is 0 Å². The summed E-state index contributed by atoms with van der Waals surface area (Å²) in [5, 5.41) is 3.29. The lowest BCUT2D eigenvalue weighted by atomic mass is 10.2. The minimum absolute atomic E-state index is 0.611. The predicted molar refractivity (Wildman–Crippen MR) is 65.3 cm³/mol. The Morgan fingerprint density at radius 3 is 1.69 bits per heavy atom. The summed E-state index contributed by atoms with van der Waals surface area (Å²) in [5.74, 6) is 0. The highest BCUT2D eigenvalue weighted by Crippen LogP contribution is 2.03. The lowest BCUT2D eigenvalue weighted by Gasteiger charge is -1.97. The summed E-state index contributed by atoms with van der Waals surface area (Å²) in [7, 11) is 0. The van der Waals surface area contributed by atoms with E-state index in [0.717, 1.165) is 0 Å². The molecule has 1 saturated heterocycles. The molecule has 1 aliphatic rings. The summed E-state index contributed by atoms with van der Waals surface area (Å²) in [6.45, 7) is 16.9. The molecule has 13 heavy (non-hydrogen) atoms. The highest BCUT2D eigenvalue weighted by atomic mass is 14.9. The van der Waals surface area contributed by atoms with Crippen LogP contribution >= 0.6 is 0 Å². The zero-order chi connectivity index (χ0) is 11.1. The van der Waals surface area contributed by atoms with Crippen molar-refractivity contribution in [3.05, 3.63) is 12.7 Å². The van der Waals surface area contributed by atoms with E-state index in [9.17, 15) is 0 Å². The molecule has 0 saturated carbocycles. The quantitative estimate of drug-likeness (QED) is 0.612. The molecule has 0 aliphatic carbocycles. The molecule has 0 aromatic heterocycles. The summed E-state index contributed by atoms with van der Waals surface area (Å²) in [6.07, 6.45) is 4.58. The van der Waals surface area contributed by atoms with Gasteiger partial charge >= 0.3 is 0 Å². The molecule has 82 valence electrons. The van der Waals surface area contributed by atoms with E-state index in [1.54, 1.807) is 0 Å². The molecule has 1 aliphatic heterocycles. The normalized spacial score (nSPS) is 17.8. The van der Waals surface area contributed by atoms with Gasteiger partial charge in [-0.15, -0.1) is 6.58 Å². The predicted octanol–water partition coefficient (Wildman–Crippen LogP) is 4.00. The Bertz CT molecular complexity index is 63.5. The maximum absolute atomic E-state index is 3.68. The van der Waals surface area contributed by atoms with E-state index in [4.69, 9.17) is 0 Å². The number of hydrogen-bond donors (Lipinski definition) is 1. The van der Waals surface area contributed by atoms with Crippen LogP contribution in [-0.2, 0) is 0 Å². The third kappa shape index (κ3) is 14.5. The van der Waals surface area contributed by atoms with Crippen LogP contribution in [0.5, 0.6) is 0 Å². The zero-order valence-corrected chi connectivity index (χ0v) is 10.5. The van der Waals surface area contributed by atoms with Crippen LogP contribution in [0.25, 0.3) is 0 Å². The molecule has 1 nitrogen and oxygen atoms in total. The van der Waals surface area contributed by atoms with Gasteiger partial charge in [-0.1, -0.05) is 47.6 Å². The fourth-order valence-electron chi connectivity index (χ4n) is 0.913. The molecule has 1 atom stereocenters. The van der Waals surface area contributed by atoms with Gasteiger partial charge in [-0.3, -0.25) is 0 Å². The Kier molecular flexibility index (Phi) is 32.1. The maximum atomic E-state index is 3.68. The topological polar surface area (TPSA) is 12.0 Å². The first-order valence-corrected chi connectivity index (χ1v) is 5.79.